The van der Waals surface area contributed by atoms with E-state index in [1.54, 1.807) is 23.3 Å². The molecule has 1 aliphatic carbocycles. The van der Waals surface area contributed by atoms with Crippen molar-refractivity contribution in [2.45, 2.75) is 77.8 Å². The van der Waals surface area contributed by atoms with E-state index < -0.39 is 17.7 Å². The number of methoxy groups -OCH3 is 1. The van der Waals surface area contributed by atoms with Gasteiger partial charge in [0.2, 0.25) is 0 Å². The van der Waals surface area contributed by atoms with E-state index in [1.807, 2.05) is 37.4 Å². The molecule has 2 aliphatic rings. The predicted molar refractivity (Wildman–Crippen MR) is 132 cm³/mol. The van der Waals surface area contributed by atoms with Gasteiger partial charge in [-0.2, -0.15) is 0 Å². The van der Waals surface area contributed by atoms with E-state index in [-0.39, 0.29) is 23.3 Å². The maximum absolute atomic E-state index is 13.4. The average molecular weight is 468 g/mol. The molecule has 1 aliphatic heterocycles. The van der Waals surface area contributed by atoms with Crippen molar-refractivity contribution in [1.82, 2.24) is 4.90 Å². The first kappa shape index (κ1) is 23.6. The average Bonchev–Trinajstić information content (AvgIpc) is 3.33. The largest absolute Gasteiger partial charge is 0.507 e. The van der Waals surface area contributed by atoms with Crippen LogP contribution < -0.4 is 4.74 Å². The second-order valence-electron chi connectivity index (χ2n) is 9.53. The van der Waals surface area contributed by atoms with Crippen molar-refractivity contribution in [1.29, 1.82) is 0 Å². The highest BCUT2D eigenvalue weighted by atomic mass is 32.1. The van der Waals surface area contributed by atoms with Crippen LogP contribution in [0.3, 0.4) is 0 Å². The van der Waals surface area contributed by atoms with Crippen molar-refractivity contribution in [2.75, 3.05) is 7.11 Å². The second kappa shape index (κ2) is 9.34. The molecular weight excluding hydrogens is 434 g/mol. The summed E-state index contributed by atoms with van der Waals surface area (Å²) in [7, 11) is 1.63. The summed E-state index contributed by atoms with van der Waals surface area (Å²) < 4.78 is 5.55. The first-order chi connectivity index (χ1) is 15.8. The van der Waals surface area contributed by atoms with Crippen molar-refractivity contribution in [3.05, 3.63) is 56.3 Å². The minimum atomic E-state index is -0.586. The molecule has 1 amide bonds. The predicted octanol–water partition coefficient (Wildman–Crippen LogP) is 6.25. The zero-order chi connectivity index (χ0) is 23.9. The maximum atomic E-state index is 13.4. The Morgan fingerprint density at radius 2 is 1.82 bits per heavy atom. The van der Waals surface area contributed by atoms with E-state index in [4.69, 9.17) is 4.74 Å². The number of ketones is 1. The number of likely N-dealkylation sites (tertiary alicyclic amines) is 1. The highest BCUT2D eigenvalue weighted by Gasteiger charge is 2.49. The summed E-state index contributed by atoms with van der Waals surface area (Å²) >= 11 is 1.54. The van der Waals surface area contributed by atoms with Crippen molar-refractivity contribution in [3.63, 3.8) is 0 Å². The Labute approximate surface area is 200 Å². The number of hydrogen-bond acceptors (Lipinski definition) is 5. The number of amides is 1. The maximum Gasteiger partial charge on any atom is 0.295 e. The molecule has 1 N–H and O–H groups in total. The first-order valence-corrected chi connectivity index (χ1v) is 12.7. The molecule has 1 saturated heterocycles. The summed E-state index contributed by atoms with van der Waals surface area (Å²) in [4.78, 5) is 29.5. The SMILES string of the molecule is COc1cc(C)c(/C(O)=C2\C(=O)C(=O)N(C3CCCCC3)C2c2sccc2C)cc1C(C)C. The number of nitrogens with zero attached hydrogens (tertiary/aromatic N) is 1. The molecule has 1 atom stereocenters. The van der Waals surface area contributed by atoms with Gasteiger partial charge in [-0.15, -0.1) is 11.3 Å². The standard InChI is InChI=1S/C27H33NO4S/c1-15(2)19-14-20(17(4)13-21(19)32-5)24(29)22-23(26-16(3)11-12-33-26)28(27(31)25(22)30)18-9-7-6-8-10-18/h11-15,18,23,29H,6-10H2,1-5H3/b24-22+. The zero-order valence-electron chi connectivity index (χ0n) is 20.1. The van der Waals surface area contributed by atoms with Gasteiger partial charge in [0, 0.05) is 16.5 Å². The molecule has 6 heteroatoms. The number of Topliss-reactive ketones (excluding diaryl/α,β-unsaturated/α-hetero) is 1. The fourth-order valence-electron chi connectivity index (χ4n) is 5.23. The van der Waals surface area contributed by atoms with Crippen LogP contribution in [-0.4, -0.2) is 34.8 Å². The molecule has 2 fully saturated rings. The summed E-state index contributed by atoms with van der Waals surface area (Å²) in [5.74, 6) is -0.236. The monoisotopic (exact) mass is 467 g/mol. The first-order valence-electron chi connectivity index (χ1n) is 11.8. The van der Waals surface area contributed by atoms with Gasteiger partial charge in [-0.1, -0.05) is 33.1 Å². The summed E-state index contributed by atoms with van der Waals surface area (Å²) in [6.07, 6.45) is 5.06. The van der Waals surface area contributed by atoms with E-state index in [9.17, 15) is 14.7 Å². The Bertz CT molecular complexity index is 1110. The van der Waals surface area contributed by atoms with Crippen LogP contribution in [-0.2, 0) is 9.59 Å². The minimum Gasteiger partial charge on any atom is -0.507 e. The van der Waals surface area contributed by atoms with Gasteiger partial charge in [0.25, 0.3) is 11.7 Å². The number of carbonyl (C=O) groups excluding carboxylic acids is 2. The molecule has 0 spiro atoms. The van der Waals surface area contributed by atoms with Crippen LogP contribution in [0.25, 0.3) is 5.76 Å². The van der Waals surface area contributed by atoms with E-state index >= 15 is 0 Å². The van der Waals surface area contributed by atoms with E-state index in [0.717, 1.165) is 59.4 Å². The van der Waals surface area contributed by atoms with Gasteiger partial charge in [0.1, 0.15) is 17.6 Å². The molecule has 1 aromatic carbocycles. The van der Waals surface area contributed by atoms with Crippen LogP contribution >= 0.6 is 11.3 Å². The van der Waals surface area contributed by atoms with Gasteiger partial charge in [-0.3, -0.25) is 9.59 Å². The smallest absolute Gasteiger partial charge is 0.295 e. The highest BCUT2D eigenvalue weighted by molar-refractivity contribution is 7.10. The molecule has 5 nitrogen and oxygen atoms in total. The lowest BCUT2D eigenvalue weighted by Gasteiger charge is -2.35. The lowest BCUT2D eigenvalue weighted by Crippen LogP contribution is -2.40. The quantitative estimate of drug-likeness (QED) is 0.321. The lowest BCUT2D eigenvalue weighted by molar-refractivity contribution is -0.141. The lowest BCUT2D eigenvalue weighted by atomic mass is 9.91. The number of aryl methyl sites for hydroxylation is 2. The molecule has 0 bridgehead atoms. The second-order valence-corrected chi connectivity index (χ2v) is 10.5. The number of rotatable bonds is 5. The number of aliphatic hydroxyl groups is 1. The number of thiophene rings is 1. The molecule has 176 valence electrons. The fourth-order valence-corrected chi connectivity index (χ4v) is 6.27. The molecule has 2 aromatic rings. The third kappa shape index (κ3) is 4.10. The molecule has 2 heterocycles. The molecule has 0 radical (unpaired) electrons. The van der Waals surface area contributed by atoms with Crippen LogP contribution in [0.5, 0.6) is 5.75 Å². The van der Waals surface area contributed by atoms with Crippen molar-refractivity contribution in [3.8, 4) is 5.75 Å². The summed E-state index contributed by atoms with van der Waals surface area (Å²) in [6.45, 7) is 8.02. The van der Waals surface area contributed by atoms with Crippen LogP contribution in [0.2, 0.25) is 0 Å². The van der Waals surface area contributed by atoms with E-state index in [2.05, 4.69) is 13.8 Å². The minimum absolute atomic E-state index is 0.0233. The zero-order valence-corrected chi connectivity index (χ0v) is 20.9. The van der Waals surface area contributed by atoms with Crippen LogP contribution in [0.1, 0.15) is 85.0 Å². The van der Waals surface area contributed by atoms with Gasteiger partial charge in [0.05, 0.1) is 12.7 Å². The Balaban J connectivity index is 1.92. The van der Waals surface area contributed by atoms with Crippen LogP contribution in [0, 0.1) is 13.8 Å². The van der Waals surface area contributed by atoms with Gasteiger partial charge < -0.3 is 14.7 Å². The number of benzene rings is 1. The third-order valence-corrected chi connectivity index (χ3v) is 8.12. The van der Waals surface area contributed by atoms with Crippen molar-refractivity contribution < 1.29 is 19.4 Å². The summed E-state index contributed by atoms with van der Waals surface area (Å²) in [6, 6.07) is 5.29. The Hall–Kier alpha value is -2.60. The van der Waals surface area contributed by atoms with E-state index in [1.165, 1.54) is 0 Å². The van der Waals surface area contributed by atoms with Gasteiger partial charge >= 0.3 is 0 Å². The number of carbonyl (C=O) groups is 2. The Kier molecular flexibility index (Phi) is 6.66. The van der Waals surface area contributed by atoms with Crippen molar-refractivity contribution in [2.24, 2.45) is 0 Å². The van der Waals surface area contributed by atoms with Gasteiger partial charge in [-0.25, -0.2) is 0 Å². The number of ether oxygens (including phenoxy) is 1. The fraction of sp³-hybridized carbons (Fsp3) is 0.481. The molecule has 33 heavy (non-hydrogen) atoms. The van der Waals surface area contributed by atoms with Gasteiger partial charge in [-0.05, 0) is 72.9 Å². The molecule has 1 saturated carbocycles. The Morgan fingerprint density at radius 3 is 2.39 bits per heavy atom. The summed E-state index contributed by atoms with van der Waals surface area (Å²) in [5.41, 5.74) is 3.58. The van der Waals surface area contributed by atoms with Crippen LogP contribution in [0.4, 0.5) is 0 Å². The normalized spacial score (nSPS) is 21.3. The molecule has 4 rings (SSSR count). The summed E-state index contributed by atoms with van der Waals surface area (Å²) in [5, 5.41) is 13.6. The van der Waals surface area contributed by atoms with Gasteiger partial charge in [0.15, 0.2) is 0 Å². The Morgan fingerprint density at radius 1 is 1.12 bits per heavy atom. The van der Waals surface area contributed by atoms with Crippen molar-refractivity contribution >= 4 is 28.8 Å². The third-order valence-electron chi connectivity index (χ3n) is 7.05. The molecular formula is C27H33NO4S. The molecule has 1 aromatic heterocycles. The van der Waals surface area contributed by atoms with E-state index in [0.29, 0.717) is 5.56 Å². The van der Waals surface area contributed by atoms with Crippen LogP contribution in [0.15, 0.2) is 29.2 Å². The molecule has 1 unspecified atom stereocenters. The topological polar surface area (TPSA) is 66.8 Å². The number of hydrogen-bond donors (Lipinski definition) is 1. The number of aliphatic hydroxyl groups excluding tert-OH is 1. The highest BCUT2D eigenvalue weighted by Crippen LogP contribution is 2.46.